The lowest BCUT2D eigenvalue weighted by molar-refractivity contribution is -0.119. The van der Waals surface area contributed by atoms with E-state index in [-0.39, 0.29) is 29.4 Å². The van der Waals surface area contributed by atoms with Gasteiger partial charge in [0.1, 0.15) is 11.3 Å². The maximum absolute atomic E-state index is 12.4. The van der Waals surface area contributed by atoms with Gasteiger partial charge in [-0.2, -0.15) is 0 Å². The van der Waals surface area contributed by atoms with Gasteiger partial charge in [-0.1, -0.05) is 0 Å². The molecule has 1 aliphatic carbocycles. The molecule has 0 bridgehead atoms. The van der Waals surface area contributed by atoms with Gasteiger partial charge in [0.25, 0.3) is 5.91 Å². The molecule has 0 radical (unpaired) electrons. The highest BCUT2D eigenvalue weighted by molar-refractivity contribution is 7.10. The van der Waals surface area contributed by atoms with Gasteiger partial charge in [-0.15, -0.1) is 11.3 Å². The summed E-state index contributed by atoms with van der Waals surface area (Å²) < 4.78 is 15.5. The van der Waals surface area contributed by atoms with Crippen molar-refractivity contribution in [2.24, 2.45) is 0 Å². The molecule has 30 heavy (non-hydrogen) atoms. The molecular formula is C21H23NO7S. The summed E-state index contributed by atoms with van der Waals surface area (Å²) in [6.45, 7) is 3.96. The number of anilines is 1. The molecule has 0 saturated heterocycles. The Bertz CT molecular complexity index is 1000. The van der Waals surface area contributed by atoms with E-state index in [9.17, 15) is 19.2 Å². The van der Waals surface area contributed by atoms with E-state index >= 15 is 0 Å². The summed E-state index contributed by atoms with van der Waals surface area (Å²) in [6, 6.07) is 0. The molecular weight excluding hydrogens is 410 g/mol. The smallest absolute Gasteiger partial charge is 0.344 e. The number of carbonyl (C=O) groups excluding carboxylic acids is 4. The fraction of sp³-hybridized carbons (Fsp3) is 0.429. The molecule has 0 fully saturated rings. The van der Waals surface area contributed by atoms with Crippen molar-refractivity contribution in [3.8, 4) is 0 Å². The second-order valence-corrected chi connectivity index (χ2v) is 7.86. The van der Waals surface area contributed by atoms with Crippen LogP contribution in [0.5, 0.6) is 0 Å². The van der Waals surface area contributed by atoms with Gasteiger partial charge in [-0.3, -0.25) is 14.9 Å². The van der Waals surface area contributed by atoms with E-state index in [1.165, 1.54) is 30.1 Å². The Morgan fingerprint density at radius 1 is 1.10 bits per heavy atom. The Balaban J connectivity index is 1.70. The molecule has 0 atom stereocenters. The normalized spacial score (nSPS) is 12.8. The van der Waals surface area contributed by atoms with Crippen molar-refractivity contribution in [3.63, 3.8) is 0 Å². The van der Waals surface area contributed by atoms with Gasteiger partial charge < -0.3 is 13.9 Å². The standard InChI is InChI=1S/C21H23NO7S/c1-4-27-21(26)18-17(11(2)23)12(3)29-19(18)22-16(24)9-28-20(25)14-10-30-15-8-6-5-7-13(14)15/h10H,4-9H2,1-3H3,(H,22,24). The van der Waals surface area contributed by atoms with Gasteiger partial charge in [-0.05, 0) is 52.0 Å². The summed E-state index contributed by atoms with van der Waals surface area (Å²) in [4.78, 5) is 50.1. The maximum Gasteiger partial charge on any atom is 0.344 e. The lowest BCUT2D eigenvalue weighted by Gasteiger charge is -2.12. The first-order valence-corrected chi connectivity index (χ1v) is 10.6. The number of ether oxygens (including phenoxy) is 2. The molecule has 1 N–H and O–H groups in total. The number of Topliss-reactive ketones (excluding diaryl/α,β-unsaturated/α-hetero) is 1. The zero-order chi connectivity index (χ0) is 21.8. The summed E-state index contributed by atoms with van der Waals surface area (Å²) in [5.74, 6) is -2.45. The van der Waals surface area contributed by atoms with E-state index in [0.29, 0.717) is 5.56 Å². The van der Waals surface area contributed by atoms with E-state index in [0.717, 1.165) is 31.2 Å². The van der Waals surface area contributed by atoms with Crippen LogP contribution in [0.15, 0.2) is 9.80 Å². The highest BCUT2D eigenvalue weighted by Gasteiger charge is 2.29. The lowest BCUT2D eigenvalue weighted by atomic mass is 9.96. The number of carbonyl (C=O) groups is 4. The number of rotatable bonds is 7. The average Bonchev–Trinajstić information content (AvgIpc) is 3.27. The Morgan fingerprint density at radius 2 is 1.83 bits per heavy atom. The molecule has 2 aromatic rings. The van der Waals surface area contributed by atoms with Crippen LogP contribution in [0.3, 0.4) is 0 Å². The highest BCUT2D eigenvalue weighted by Crippen LogP contribution is 2.31. The second-order valence-electron chi connectivity index (χ2n) is 6.90. The third-order valence-electron chi connectivity index (χ3n) is 4.78. The first kappa shape index (κ1) is 21.8. The van der Waals surface area contributed by atoms with E-state index < -0.39 is 30.2 Å². The molecule has 0 unspecified atom stereocenters. The quantitative estimate of drug-likeness (QED) is 0.523. The number of furan rings is 1. The zero-order valence-electron chi connectivity index (χ0n) is 17.1. The number of hydrogen-bond donors (Lipinski definition) is 1. The number of aryl methyl sites for hydroxylation is 2. The van der Waals surface area contributed by atoms with Crippen molar-refractivity contribution in [1.29, 1.82) is 0 Å². The van der Waals surface area contributed by atoms with Crippen molar-refractivity contribution < 1.29 is 33.1 Å². The number of thiophene rings is 1. The summed E-state index contributed by atoms with van der Waals surface area (Å²) >= 11 is 1.53. The van der Waals surface area contributed by atoms with Crippen molar-refractivity contribution in [1.82, 2.24) is 0 Å². The van der Waals surface area contributed by atoms with E-state index in [2.05, 4.69) is 5.32 Å². The predicted molar refractivity (Wildman–Crippen MR) is 109 cm³/mol. The number of fused-ring (bicyclic) bond motifs is 1. The minimum Gasteiger partial charge on any atom is -0.462 e. The topological polar surface area (TPSA) is 112 Å². The van der Waals surface area contributed by atoms with Crippen LogP contribution in [0.2, 0.25) is 0 Å². The minimum atomic E-state index is -0.781. The number of hydrogen-bond acceptors (Lipinski definition) is 8. The molecule has 2 aromatic heterocycles. The zero-order valence-corrected chi connectivity index (χ0v) is 17.9. The van der Waals surface area contributed by atoms with Gasteiger partial charge in [0.2, 0.25) is 5.88 Å². The average molecular weight is 433 g/mol. The molecule has 1 amide bonds. The van der Waals surface area contributed by atoms with Crippen LogP contribution in [0.1, 0.15) is 74.0 Å². The van der Waals surface area contributed by atoms with E-state index in [1.54, 1.807) is 12.3 Å². The van der Waals surface area contributed by atoms with Gasteiger partial charge in [0.15, 0.2) is 12.4 Å². The molecule has 160 valence electrons. The van der Waals surface area contributed by atoms with Crippen molar-refractivity contribution in [3.05, 3.63) is 38.3 Å². The molecule has 1 aliphatic rings. The summed E-state index contributed by atoms with van der Waals surface area (Å²) in [5.41, 5.74) is 1.41. The molecule has 8 nitrogen and oxygen atoms in total. The fourth-order valence-electron chi connectivity index (χ4n) is 3.49. The van der Waals surface area contributed by atoms with Crippen LogP contribution in [-0.2, 0) is 27.1 Å². The molecule has 9 heteroatoms. The Labute approximate surface area is 177 Å². The third kappa shape index (κ3) is 4.46. The van der Waals surface area contributed by atoms with Crippen LogP contribution < -0.4 is 5.32 Å². The van der Waals surface area contributed by atoms with Crippen molar-refractivity contribution >= 4 is 40.9 Å². The molecule has 2 heterocycles. The molecule has 0 aromatic carbocycles. The Kier molecular flexibility index (Phi) is 6.71. The van der Waals surface area contributed by atoms with Gasteiger partial charge >= 0.3 is 11.9 Å². The number of nitrogens with one attached hydrogen (secondary N) is 1. The van der Waals surface area contributed by atoms with Crippen LogP contribution >= 0.6 is 11.3 Å². The largest absolute Gasteiger partial charge is 0.462 e. The predicted octanol–water partition coefficient (Wildman–Crippen LogP) is 3.70. The fourth-order valence-corrected chi connectivity index (χ4v) is 4.61. The summed E-state index contributed by atoms with van der Waals surface area (Å²) in [6.07, 6.45) is 3.92. The maximum atomic E-state index is 12.4. The first-order chi connectivity index (χ1) is 14.3. The Hall–Kier alpha value is -2.94. The van der Waals surface area contributed by atoms with E-state index in [1.807, 2.05) is 0 Å². The number of amides is 1. The van der Waals surface area contributed by atoms with Crippen molar-refractivity contribution in [2.45, 2.75) is 46.5 Å². The van der Waals surface area contributed by atoms with Crippen molar-refractivity contribution in [2.75, 3.05) is 18.5 Å². The molecule has 0 saturated carbocycles. The lowest BCUT2D eigenvalue weighted by Crippen LogP contribution is -2.22. The SMILES string of the molecule is CCOC(=O)c1c(NC(=O)COC(=O)c2csc3c2CCCC3)oc(C)c1C(C)=O. The van der Waals surface area contributed by atoms with Gasteiger partial charge in [-0.25, -0.2) is 9.59 Å². The van der Waals surface area contributed by atoms with Gasteiger partial charge in [0.05, 0.1) is 17.7 Å². The minimum absolute atomic E-state index is 0.0469. The van der Waals surface area contributed by atoms with Crippen LogP contribution in [-0.4, -0.2) is 36.8 Å². The van der Waals surface area contributed by atoms with E-state index in [4.69, 9.17) is 13.9 Å². The second kappa shape index (κ2) is 9.25. The Morgan fingerprint density at radius 3 is 2.53 bits per heavy atom. The highest BCUT2D eigenvalue weighted by atomic mass is 32.1. The molecule has 0 aliphatic heterocycles. The summed E-state index contributed by atoms with van der Waals surface area (Å²) in [7, 11) is 0. The molecule has 0 spiro atoms. The first-order valence-electron chi connectivity index (χ1n) is 9.71. The monoisotopic (exact) mass is 433 g/mol. The summed E-state index contributed by atoms with van der Waals surface area (Å²) in [5, 5.41) is 4.16. The molecule has 3 rings (SSSR count). The third-order valence-corrected chi connectivity index (χ3v) is 5.87. The number of ketones is 1. The number of esters is 2. The van der Waals surface area contributed by atoms with Gasteiger partial charge in [0, 0.05) is 10.3 Å². The van der Waals surface area contributed by atoms with Crippen LogP contribution in [0.25, 0.3) is 0 Å². The van der Waals surface area contributed by atoms with Crippen LogP contribution in [0.4, 0.5) is 5.88 Å². The van der Waals surface area contributed by atoms with Crippen LogP contribution in [0, 0.1) is 6.92 Å².